The number of carboxylic acid groups (broad SMARTS) is 1. The smallest absolute Gasteiger partial charge is 0.307 e. The average molecular weight is 261 g/mol. The largest absolute Gasteiger partial charge is 0.481 e. The second kappa shape index (κ2) is 5.48. The topological polar surface area (TPSA) is 66.4 Å². The zero-order valence-electron chi connectivity index (χ0n) is 11.0. The summed E-state index contributed by atoms with van der Waals surface area (Å²) in [5, 5.41) is 12.1. The van der Waals surface area contributed by atoms with Crippen LogP contribution in [0.5, 0.6) is 0 Å². The summed E-state index contributed by atoms with van der Waals surface area (Å²) >= 11 is 0. The third-order valence-electron chi connectivity index (χ3n) is 4.14. The standard InChI is InChI=1S/C15H19NO3/c1-3-5-11(4-2)16-14(17)12-9-6-7-10(8-9)13(12)15(18)19/h2,6-7,9-13H,3,5,8H2,1H3,(H,16,17)(H,18,19). The molecule has 1 fully saturated rings. The van der Waals surface area contributed by atoms with Crippen molar-refractivity contribution in [2.75, 3.05) is 0 Å². The highest BCUT2D eigenvalue weighted by Crippen LogP contribution is 2.48. The molecule has 0 heterocycles. The van der Waals surface area contributed by atoms with E-state index in [1.165, 1.54) is 0 Å². The lowest BCUT2D eigenvalue weighted by Crippen LogP contribution is -2.44. The van der Waals surface area contributed by atoms with Crippen LogP contribution in [0.2, 0.25) is 0 Å². The number of terminal acetylenes is 1. The van der Waals surface area contributed by atoms with Gasteiger partial charge in [0.25, 0.3) is 0 Å². The van der Waals surface area contributed by atoms with Crippen LogP contribution in [-0.4, -0.2) is 23.0 Å². The Labute approximate surface area is 113 Å². The van der Waals surface area contributed by atoms with Crippen LogP contribution in [0.15, 0.2) is 12.2 Å². The number of nitrogens with one attached hydrogen (secondary N) is 1. The molecule has 0 aliphatic heterocycles. The van der Waals surface area contributed by atoms with E-state index in [1.54, 1.807) is 0 Å². The molecule has 1 saturated carbocycles. The first-order valence-electron chi connectivity index (χ1n) is 6.76. The SMILES string of the molecule is C#CC(CCC)NC(=O)C1C2C=CC(C2)C1C(=O)O. The Morgan fingerprint density at radius 2 is 2.05 bits per heavy atom. The van der Waals surface area contributed by atoms with Crippen LogP contribution in [0.1, 0.15) is 26.2 Å². The highest BCUT2D eigenvalue weighted by molar-refractivity contribution is 5.87. The summed E-state index contributed by atoms with van der Waals surface area (Å²) in [5.74, 6) is 0.424. The number of carboxylic acids is 1. The molecular weight excluding hydrogens is 242 g/mol. The van der Waals surface area contributed by atoms with Crippen LogP contribution in [0.4, 0.5) is 0 Å². The van der Waals surface area contributed by atoms with Crippen LogP contribution in [0, 0.1) is 36.0 Å². The summed E-state index contributed by atoms with van der Waals surface area (Å²) in [5.41, 5.74) is 0. The number of hydrogen-bond donors (Lipinski definition) is 2. The van der Waals surface area contributed by atoms with E-state index in [9.17, 15) is 14.7 Å². The molecule has 5 unspecified atom stereocenters. The Bertz CT molecular complexity index is 449. The van der Waals surface area contributed by atoms with E-state index >= 15 is 0 Å². The Morgan fingerprint density at radius 3 is 2.58 bits per heavy atom. The first-order chi connectivity index (χ1) is 9.08. The number of hydrogen-bond acceptors (Lipinski definition) is 2. The lowest BCUT2D eigenvalue weighted by atomic mass is 9.82. The van der Waals surface area contributed by atoms with Gasteiger partial charge in [0.1, 0.15) is 0 Å². The molecule has 4 heteroatoms. The van der Waals surface area contributed by atoms with Gasteiger partial charge in [-0.15, -0.1) is 6.42 Å². The summed E-state index contributed by atoms with van der Waals surface area (Å²) in [4.78, 5) is 23.6. The van der Waals surface area contributed by atoms with Gasteiger partial charge in [-0.3, -0.25) is 9.59 Å². The lowest BCUT2D eigenvalue weighted by Gasteiger charge is -2.25. The van der Waals surface area contributed by atoms with Gasteiger partial charge < -0.3 is 10.4 Å². The van der Waals surface area contributed by atoms with Crippen molar-refractivity contribution < 1.29 is 14.7 Å². The third kappa shape index (κ3) is 2.51. The highest BCUT2D eigenvalue weighted by Gasteiger charge is 2.51. The van der Waals surface area contributed by atoms with Crippen LogP contribution < -0.4 is 5.32 Å². The van der Waals surface area contributed by atoms with Crippen molar-refractivity contribution in [1.29, 1.82) is 0 Å². The maximum Gasteiger partial charge on any atom is 0.307 e. The van der Waals surface area contributed by atoms with Crippen molar-refractivity contribution in [3.8, 4) is 12.3 Å². The number of rotatable bonds is 5. The molecule has 2 aliphatic carbocycles. The Kier molecular flexibility index (Phi) is 3.94. The van der Waals surface area contributed by atoms with Crippen LogP contribution in [0.25, 0.3) is 0 Å². The lowest BCUT2D eigenvalue weighted by molar-refractivity contribution is -0.147. The summed E-state index contributed by atoms with van der Waals surface area (Å²) in [6, 6.07) is -0.296. The number of amides is 1. The molecule has 0 radical (unpaired) electrons. The average Bonchev–Trinajstić information content (AvgIpc) is 2.97. The number of carbonyl (C=O) groups excluding carboxylic acids is 1. The first-order valence-corrected chi connectivity index (χ1v) is 6.76. The van der Waals surface area contributed by atoms with Crippen LogP contribution >= 0.6 is 0 Å². The van der Waals surface area contributed by atoms with E-state index in [-0.39, 0.29) is 23.8 Å². The Morgan fingerprint density at radius 1 is 1.42 bits per heavy atom. The fourth-order valence-electron chi connectivity index (χ4n) is 3.27. The van der Waals surface area contributed by atoms with Gasteiger partial charge in [0.15, 0.2) is 0 Å². The van der Waals surface area contributed by atoms with E-state index in [0.29, 0.717) is 0 Å². The molecule has 0 saturated heterocycles. The quantitative estimate of drug-likeness (QED) is 0.581. The normalized spacial score (nSPS) is 32.8. The maximum absolute atomic E-state index is 12.3. The molecular formula is C15H19NO3. The second-order valence-corrected chi connectivity index (χ2v) is 5.35. The number of aliphatic carboxylic acids is 1. The van der Waals surface area contributed by atoms with Crippen molar-refractivity contribution in [2.24, 2.45) is 23.7 Å². The highest BCUT2D eigenvalue weighted by atomic mass is 16.4. The number of allylic oxidation sites excluding steroid dienone is 2. The molecule has 0 spiro atoms. The monoisotopic (exact) mass is 261 g/mol. The van der Waals surface area contributed by atoms with E-state index in [0.717, 1.165) is 19.3 Å². The van der Waals surface area contributed by atoms with Crippen LogP contribution in [-0.2, 0) is 9.59 Å². The minimum absolute atomic E-state index is 0.00582. The zero-order valence-corrected chi connectivity index (χ0v) is 11.0. The fourth-order valence-corrected chi connectivity index (χ4v) is 3.27. The van der Waals surface area contributed by atoms with Gasteiger partial charge in [0, 0.05) is 0 Å². The molecule has 2 bridgehead atoms. The molecule has 5 atom stereocenters. The van der Waals surface area contributed by atoms with E-state index in [4.69, 9.17) is 6.42 Å². The van der Waals surface area contributed by atoms with Crippen molar-refractivity contribution in [3.63, 3.8) is 0 Å². The summed E-state index contributed by atoms with van der Waals surface area (Å²) in [7, 11) is 0. The maximum atomic E-state index is 12.3. The molecule has 2 N–H and O–H groups in total. The number of fused-ring (bicyclic) bond motifs is 2. The summed E-state index contributed by atoms with van der Waals surface area (Å²) in [6.45, 7) is 2.00. The first kappa shape index (κ1) is 13.7. The summed E-state index contributed by atoms with van der Waals surface area (Å²) in [6.07, 6.45) is 11.7. The molecule has 0 aromatic heterocycles. The zero-order chi connectivity index (χ0) is 14.0. The van der Waals surface area contributed by atoms with Gasteiger partial charge >= 0.3 is 5.97 Å². The Balaban J connectivity index is 2.08. The second-order valence-electron chi connectivity index (χ2n) is 5.35. The van der Waals surface area contributed by atoms with E-state index in [2.05, 4.69) is 11.2 Å². The number of carbonyl (C=O) groups is 2. The minimum Gasteiger partial charge on any atom is -0.481 e. The van der Waals surface area contributed by atoms with Crippen molar-refractivity contribution in [2.45, 2.75) is 32.2 Å². The predicted molar refractivity (Wildman–Crippen MR) is 71.0 cm³/mol. The predicted octanol–water partition coefficient (Wildman–Crippen LogP) is 1.43. The van der Waals surface area contributed by atoms with Crippen molar-refractivity contribution in [1.82, 2.24) is 5.32 Å². The van der Waals surface area contributed by atoms with Gasteiger partial charge in [-0.05, 0) is 24.7 Å². The third-order valence-corrected chi connectivity index (χ3v) is 4.14. The molecule has 1 amide bonds. The van der Waals surface area contributed by atoms with Crippen molar-refractivity contribution >= 4 is 11.9 Å². The fraction of sp³-hybridized carbons (Fsp3) is 0.600. The molecule has 19 heavy (non-hydrogen) atoms. The molecule has 2 aliphatic rings. The molecule has 2 rings (SSSR count). The van der Waals surface area contributed by atoms with E-state index in [1.807, 2.05) is 19.1 Å². The van der Waals surface area contributed by atoms with Gasteiger partial charge in [0.05, 0.1) is 17.9 Å². The van der Waals surface area contributed by atoms with Gasteiger partial charge in [-0.2, -0.15) is 0 Å². The van der Waals surface area contributed by atoms with Gasteiger partial charge in [-0.1, -0.05) is 31.4 Å². The summed E-state index contributed by atoms with van der Waals surface area (Å²) < 4.78 is 0. The molecule has 0 aromatic carbocycles. The molecule has 0 aromatic rings. The Hall–Kier alpha value is -1.76. The van der Waals surface area contributed by atoms with Crippen molar-refractivity contribution in [3.05, 3.63) is 12.2 Å². The molecule has 4 nitrogen and oxygen atoms in total. The van der Waals surface area contributed by atoms with E-state index < -0.39 is 17.8 Å². The van der Waals surface area contributed by atoms with Crippen LogP contribution in [0.3, 0.4) is 0 Å². The van der Waals surface area contributed by atoms with Gasteiger partial charge in [0.2, 0.25) is 5.91 Å². The van der Waals surface area contributed by atoms with Gasteiger partial charge in [-0.25, -0.2) is 0 Å². The minimum atomic E-state index is -0.884. The molecule has 102 valence electrons.